The van der Waals surface area contributed by atoms with Gasteiger partial charge in [0.15, 0.2) is 3.77 Å². The van der Waals surface area contributed by atoms with E-state index in [-0.39, 0.29) is 0 Å². The van der Waals surface area contributed by atoms with Crippen molar-refractivity contribution in [2.24, 2.45) is 11.8 Å². The van der Waals surface area contributed by atoms with Gasteiger partial charge < -0.3 is 9.73 Å². The molecule has 0 aromatic carbocycles. The summed E-state index contributed by atoms with van der Waals surface area (Å²) in [6.45, 7) is 5.55. The van der Waals surface area contributed by atoms with Gasteiger partial charge in [-0.05, 0) is 59.4 Å². The summed E-state index contributed by atoms with van der Waals surface area (Å²) in [5.41, 5.74) is 0. The van der Waals surface area contributed by atoms with Crippen LogP contribution in [0.4, 0.5) is 0 Å². The second-order valence-corrected chi connectivity index (χ2v) is 5.86. The van der Waals surface area contributed by atoms with Gasteiger partial charge in [-0.3, -0.25) is 0 Å². The van der Waals surface area contributed by atoms with E-state index in [9.17, 15) is 0 Å². The first-order valence-electron chi connectivity index (χ1n) is 6.18. The van der Waals surface area contributed by atoms with Crippen LogP contribution in [0.1, 0.15) is 38.9 Å². The van der Waals surface area contributed by atoms with E-state index >= 15 is 0 Å². The van der Waals surface area contributed by atoms with E-state index in [2.05, 4.69) is 47.8 Å². The maximum Gasteiger partial charge on any atom is 0.164 e. The van der Waals surface area contributed by atoms with Crippen molar-refractivity contribution in [3.8, 4) is 0 Å². The fraction of sp³-hybridized carbons (Fsp3) is 0.692. The van der Waals surface area contributed by atoms with Crippen LogP contribution in [-0.2, 0) is 6.54 Å². The highest BCUT2D eigenvalue weighted by Gasteiger charge is 2.30. The largest absolute Gasteiger partial charge is 0.454 e. The summed E-state index contributed by atoms with van der Waals surface area (Å²) in [6.07, 6.45) is 4.01. The third kappa shape index (κ3) is 2.80. The molecule has 1 aromatic heterocycles. The van der Waals surface area contributed by atoms with Crippen LogP contribution in [0.5, 0.6) is 0 Å². The van der Waals surface area contributed by atoms with Crippen LogP contribution < -0.4 is 5.32 Å². The van der Waals surface area contributed by atoms with Crippen molar-refractivity contribution in [2.75, 3.05) is 0 Å². The van der Waals surface area contributed by atoms with Crippen molar-refractivity contribution in [3.63, 3.8) is 0 Å². The van der Waals surface area contributed by atoms with Gasteiger partial charge in [-0.25, -0.2) is 0 Å². The average molecular weight is 333 g/mol. The molecule has 1 fully saturated rings. The summed E-state index contributed by atoms with van der Waals surface area (Å²) in [5.74, 6) is 2.77. The zero-order chi connectivity index (χ0) is 11.5. The first kappa shape index (κ1) is 12.4. The number of rotatable bonds is 4. The lowest BCUT2D eigenvalue weighted by atomic mass is 9.93. The lowest BCUT2D eigenvalue weighted by Crippen LogP contribution is -2.32. The molecule has 1 aliphatic carbocycles. The van der Waals surface area contributed by atoms with E-state index in [0.717, 1.165) is 27.9 Å². The minimum atomic E-state index is 0.674. The second kappa shape index (κ2) is 5.54. The Labute approximate surface area is 111 Å². The van der Waals surface area contributed by atoms with Crippen LogP contribution in [0.3, 0.4) is 0 Å². The molecule has 16 heavy (non-hydrogen) atoms. The van der Waals surface area contributed by atoms with Gasteiger partial charge in [0.1, 0.15) is 5.76 Å². The highest BCUT2D eigenvalue weighted by Crippen LogP contribution is 2.33. The fourth-order valence-electron chi connectivity index (χ4n) is 2.79. The molecule has 1 aliphatic rings. The predicted molar refractivity (Wildman–Crippen MR) is 74.2 cm³/mol. The third-order valence-electron chi connectivity index (χ3n) is 3.92. The average Bonchev–Trinajstić information content (AvgIpc) is 2.83. The second-order valence-electron chi connectivity index (χ2n) is 4.80. The first-order chi connectivity index (χ1) is 7.70. The van der Waals surface area contributed by atoms with E-state index in [4.69, 9.17) is 4.42 Å². The minimum absolute atomic E-state index is 0.674. The number of nitrogens with one attached hydrogen (secondary N) is 1. The topological polar surface area (TPSA) is 25.2 Å². The van der Waals surface area contributed by atoms with Crippen molar-refractivity contribution in [3.05, 3.63) is 21.7 Å². The Morgan fingerprint density at radius 3 is 2.81 bits per heavy atom. The molecule has 90 valence electrons. The Kier molecular flexibility index (Phi) is 4.30. The Balaban J connectivity index is 1.83. The van der Waals surface area contributed by atoms with Crippen molar-refractivity contribution < 1.29 is 4.42 Å². The van der Waals surface area contributed by atoms with Crippen molar-refractivity contribution >= 4 is 22.6 Å². The quantitative estimate of drug-likeness (QED) is 0.848. The molecule has 1 heterocycles. The molecule has 2 rings (SSSR count). The highest BCUT2D eigenvalue weighted by atomic mass is 127. The van der Waals surface area contributed by atoms with Crippen molar-refractivity contribution in [1.29, 1.82) is 0 Å². The van der Waals surface area contributed by atoms with Gasteiger partial charge in [0.05, 0.1) is 6.54 Å². The molecule has 0 amide bonds. The van der Waals surface area contributed by atoms with E-state index in [1.165, 1.54) is 19.3 Å². The SMILES string of the molecule is CCC1CCC(NCc2ccc(I)o2)C1C. The Bertz CT molecular complexity index is 336. The summed E-state index contributed by atoms with van der Waals surface area (Å²) in [7, 11) is 0. The lowest BCUT2D eigenvalue weighted by Gasteiger charge is -2.20. The zero-order valence-corrected chi connectivity index (χ0v) is 12.2. The molecule has 0 saturated heterocycles. The van der Waals surface area contributed by atoms with Crippen LogP contribution in [0.2, 0.25) is 0 Å². The molecule has 0 spiro atoms. The number of furan rings is 1. The molecule has 1 saturated carbocycles. The maximum absolute atomic E-state index is 5.56. The van der Waals surface area contributed by atoms with E-state index in [1.54, 1.807) is 0 Å². The van der Waals surface area contributed by atoms with Crippen molar-refractivity contribution in [1.82, 2.24) is 5.32 Å². The molecular weight excluding hydrogens is 313 g/mol. The zero-order valence-electron chi connectivity index (χ0n) is 10.0. The van der Waals surface area contributed by atoms with Crippen LogP contribution in [0, 0.1) is 15.6 Å². The van der Waals surface area contributed by atoms with Crippen LogP contribution in [0.15, 0.2) is 16.5 Å². The van der Waals surface area contributed by atoms with Crippen LogP contribution >= 0.6 is 22.6 Å². The van der Waals surface area contributed by atoms with Crippen molar-refractivity contribution in [2.45, 2.75) is 45.7 Å². The normalized spacial score (nSPS) is 29.8. The first-order valence-corrected chi connectivity index (χ1v) is 7.26. The smallest absolute Gasteiger partial charge is 0.164 e. The number of halogens is 1. The Morgan fingerprint density at radius 1 is 1.44 bits per heavy atom. The van der Waals surface area contributed by atoms with Gasteiger partial charge in [-0.1, -0.05) is 20.3 Å². The van der Waals surface area contributed by atoms with Gasteiger partial charge in [-0.2, -0.15) is 0 Å². The summed E-state index contributed by atoms with van der Waals surface area (Å²) in [4.78, 5) is 0. The molecule has 3 atom stereocenters. The molecule has 0 aliphatic heterocycles. The Hall–Kier alpha value is -0.0300. The minimum Gasteiger partial charge on any atom is -0.454 e. The Morgan fingerprint density at radius 2 is 2.25 bits per heavy atom. The van der Waals surface area contributed by atoms with Gasteiger partial charge in [0, 0.05) is 6.04 Å². The summed E-state index contributed by atoms with van der Waals surface area (Å²) < 4.78 is 6.53. The van der Waals surface area contributed by atoms with Gasteiger partial charge in [-0.15, -0.1) is 0 Å². The predicted octanol–water partition coefficient (Wildman–Crippen LogP) is 3.80. The van der Waals surface area contributed by atoms with Gasteiger partial charge >= 0.3 is 0 Å². The molecule has 1 aromatic rings. The number of hydrogen-bond donors (Lipinski definition) is 1. The molecule has 1 N–H and O–H groups in total. The summed E-state index contributed by atoms with van der Waals surface area (Å²) in [5, 5.41) is 3.63. The molecule has 2 nitrogen and oxygen atoms in total. The lowest BCUT2D eigenvalue weighted by molar-refractivity contribution is 0.334. The van der Waals surface area contributed by atoms with Crippen LogP contribution in [-0.4, -0.2) is 6.04 Å². The van der Waals surface area contributed by atoms with Gasteiger partial charge in [0.2, 0.25) is 0 Å². The standard InChI is InChI=1S/C13H20INO/c1-3-10-4-6-12(9(10)2)15-8-11-5-7-13(14)16-11/h5,7,9-10,12,15H,3-4,6,8H2,1-2H3. The summed E-state index contributed by atoms with van der Waals surface area (Å²) in [6, 6.07) is 4.75. The number of hydrogen-bond acceptors (Lipinski definition) is 2. The van der Waals surface area contributed by atoms with Crippen LogP contribution in [0.25, 0.3) is 0 Å². The highest BCUT2D eigenvalue weighted by molar-refractivity contribution is 14.1. The molecule has 0 bridgehead atoms. The van der Waals surface area contributed by atoms with Gasteiger partial charge in [0.25, 0.3) is 0 Å². The molecule has 3 heteroatoms. The van der Waals surface area contributed by atoms with E-state index in [0.29, 0.717) is 6.04 Å². The van der Waals surface area contributed by atoms with E-state index in [1.807, 2.05) is 6.07 Å². The summed E-state index contributed by atoms with van der Waals surface area (Å²) >= 11 is 2.21. The molecule has 3 unspecified atom stereocenters. The van der Waals surface area contributed by atoms with E-state index < -0.39 is 0 Å². The molecule has 0 radical (unpaired) electrons. The fourth-order valence-corrected chi connectivity index (χ4v) is 3.25. The molecular formula is C13H20INO. The monoisotopic (exact) mass is 333 g/mol. The third-order valence-corrected chi connectivity index (χ3v) is 4.50. The maximum atomic E-state index is 5.56.